The molecule has 1 saturated heterocycles. The van der Waals surface area contributed by atoms with Crippen LogP contribution in [0.2, 0.25) is 0 Å². The standard InChI is InChI=1S/C23H28N2O4S2.ClH/c1-2-31(27,28)18-5-3-17(25-15-18)4-6-19(26)20-13-16-14-22(7-8-22)29-23(21(16)30-20)9-11-24-12-10-23;/h3,5,13,15,24H,2,4,6-12,14H2,1H3;1H. The van der Waals surface area contributed by atoms with Gasteiger partial charge in [-0.15, -0.1) is 23.7 Å². The predicted octanol–water partition coefficient (Wildman–Crippen LogP) is 3.86. The van der Waals surface area contributed by atoms with Crippen LogP contribution in [-0.2, 0) is 33.0 Å². The molecule has 0 unspecified atom stereocenters. The Bertz CT molecular complexity index is 1100. The molecule has 1 aliphatic carbocycles. The molecule has 0 bridgehead atoms. The number of rotatable bonds is 6. The van der Waals surface area contributed by atoms with Crippen molar-refractivity contribution in [3.63, 3.8) is 0 Å². The first kappa shape index (κ1) is 23.8. The highest BCUT2D eigenvalue weighted by Crippen LogP contribution is 2.56. The van der Waals surface area contributed by atoms with E-state index in [1.165, 1.54) is 16.6 Å². The first-order chi connectivity index (χ1) is 14.8. The van der Waals surface area contributed by atoms with Gasteiger partial charge in [0, 0.05) is 29.6 Å². The fourth-order valence-electron chi connectivity index (χ4n) is 4.78. The molecule has 32 heavy (non-hydrogen) atoms. The van der Waals surface area contributed by atoms with Crippen molar-refractivity contribution in [2.45, 2.75) is 68.0 Å². The highest BCUT2D eigenvalue weighted by Gasteiger charge is 2.56. The van der Waals surface area contributed by atoms with Gasteiger partial charge in [-0.25, -0.2) is 8.42 Å². The van der Waals surface area contributed by atoms with E-state index in [-0.39, 0.29) is 40.0 Å². The van der Waals surface area contributed by atoms with Gasteiger partial charge in [0.25, 0.3) is 0 Å². The number of aryl methyl sites for hydroxylation is 1. The summed E-state index contributed by atoms with van der Waals surface area (Å²) in [5.74, 6) is 0.179. The summed E-state index contributed by atoms with van der Waals surface area (Å²) in [6, 6.07) is 5.41. The van der Waals surface area contributed by atoms with Gasteiger partial charge in [0.1, 0.15) is 5.60 Å². The van der Waals surface area contributed by atoms with E-state index in [4.69, 9.17) is 4.74 Å². The maximum absolute atomic E-state index is 13.0. The fraction of sp³-hybridized carbons (Fsp3) is 0.565. The normalized spacial score (nSPS) is 20.5. The summed E-state index contributed by atoms with van der Waals surface area (Å²) in [5, 5.41) is 3.43. The van der Waals surface area contributed by atoms with Gasteiger partial charge in [0.05, 0.1) is 21.1 Å². The first-order valence-corrected chi connectivity index (χ1v) is 13.6. The Morgan fingerprint density at radius 1 is 1.22 bits per heavy atom. The molecule has 0 amide bonds. The molecular weight excluding hydrogens is 468 g/mol. The van der Waals surface area contributed by atoms with Crippen LogP contribution in [0.15, 0.2) is 29.3 Å². The number of ketones is 1. The van der Waals surface area contributed by atoms with Crippen molar-refractivity contribution in [1.82, 2.24) is 10.3 Å². The monoisotopic (exact) mass is 496 g/mol. The lowest BCUT2D eigenvalue weighted by Crippen LogP contribution is -2.47. The number of halogens is 1. The number of aromatic nitrogens is 1. The number of thiophene rings is 1. The number of fused-ring (bicyclic) bond motifs is 2. The van der Waals surface area contributed by atoms with Crippen LogP contribution >= 0.6 is 23.7 Å². The number of hydrogen-bond donors (Lipinski definition) is 1. The first-order valence-electron chi connectivity index (χ1n) is 11.1. The number of Topliss-reactive ketones (excluding diaryl/α,β-unsaturated/α-hetero) is 1. The van der Waals surface area contributed by atoms with Crippen molar-refractivity contribution >= 4 is 39.4 Å². The van der Waals surface area contributed by atoms with Gasteiger partial charge in [0.2, 0.25) is 0 Å². The molecule has 1 saturated carbocycles. The molecule has 2 aromatic heterocycles. The van der Waals surface area contributed by atoms with E-state index >= 15 is 0 Å². The Labute approximate surface area is 199 Å². The summed E-state index contributed by atoms with van der Waals surface area (Å²) in [7, 11) is -3.25. The van der Waals surface area contributed by atoms with Gasteiger partial charge in [-0.1, -0.05) is 6.92 Å². The molecule has 174 valence electrons. The Morgan fingerprint density at radius 2 is 1.97 bits per heavy atom. The Balaban J connectivity index is 0.00000245. The molecular formula is C23H29ClN2O4S2. The second-order valence-corrected chi connectivity index (χ2v) is 12.3. The highest BCUT2D eigenvalue weighted by atomic mass is 35.5. The molecule has 2 fully saturated rings. The van der Waals surface area contributed by atoms with Gasteiger partial charge < -0.3 is 10.1 Å². The van der Waals surface area contributed by atoms with Crippen molar-refractivity contribution in [3.8, 4) is 0 Å². The summed E-state index contributed by atoms with van der Waals surface area (Å²) >= 11 is 1.62. The Kier molecular flexibility index (Phi) is 6.55. The van der Waals surface area contributed by atoms with Crippen molar-refractivity contribution in [2.75, 3.05) is 18.8 Å². The zero-order chi connectivity index (χ0) is 21.7. The third-order valence-corrected chi connectivity index (χ3v) is 9.91. The molecule has 2 spiro atoms. The minimum Gasteiger partial charge on any atom is -0.363 e. The van der Waals surface area contributed by atoms with Crippen molar-refractivity contribution in [2.24, 2.45) is 0 Å². The molecule has 6 nitrogen and oxygen atoms in total. The lowest BCUT2D eigenvalue weighted by atomic mass is 9.84. The van der Waals surface area contributed by atoms with Crippen LogP contribution in [0.3, 0.4) is 0 Å². The minimum atomic E-state index is -3.25. The molecule has 1 N–H and O–H groups in total. The van der Waals surface area contributed by atoms with E-state index < -0.39 is 9.84 Å². The molecule has 4 heterocycles. The van der Waals surface area contributed by atoms with Gasteiger partial charge in [0.15, 0.2) is 15.6 Å². The van der Waals surface area contributed by atoms with Crippen LogP contribution in [0.4, 0.5) is 0 Å². The van der Waals surface area contributed by atoms with Crippen LogP contribution in [0.1, 0.15) is 64.8 Å². The Morgan fingerprint density at radius 3 is 2.59 bits per heavy atom. The largest absolute Gasteiger partial charge is 0.363 e. The SMILES string of the molecule is CCS(=O)(=O)c1ccc(CCC(=O)c2cc3c(s2)C2(CCNCC2)OC2(CC2)C3)nc1.Cl. The quantitative estimate of drug-likeness (QED) is 0.611. The third kappa shape index (κ3) is 4.40. The molecule has 9 heteroatoms. The lowest BCUT2D eigenvalue weighted by molar-refractivity contribution is -0.138. The fourth-order valence-corrected chi connectivity index (χ4v) is 6.93. The highest BCUT2D eigenvalue weighted by molar-refractivity contribution is 7.91. The minimum absolute atomic E-state index is 0. The number of carbonyl (C=O) groups excluding carboxylic acids is 1. The van der Waals surface area contributed by atoms with Gasteiger partial charge >= 0.3 is 0 Å². The van der Waals surface area contributed by atoms with Crippen molar-refractivity contribution < 1.29 is 17.9 Å². The predicted molar refractivity (Wildman–Crippen MR) is 127 cm³/mol. The summed E-state index contributed by atoms with van der Waals surface area (Å²) in [5.41, 5.74) is 1.84. The van der Waals surface area contributed by atoms with Gasteiger partial charge in [-0.05, 0) is 69.0 Å². The molecule has 3 aliphatic rings. The van der Waals surface area contributed by atoms with Crippen LogP contribution in [-0.4, -0.2) is 43.6 Å². The summed E-state index contributed by atoms with van der Waals surface area (Å²) in [6.07, 6.45) is 7.37. The van der Waals surface area contributed by atoms with E-state index in [1.807, 2.05) is 0 Å². The molecule has 0 radical (unpaired) electrons. The number of nitrogens with zero attached hydrogens (tertiary/aromatic N) is 1. The molecule has 0 atom stereocenters. The van der Waals surface area contributed by atoms with Crippen LogP contribution in [0.25, 0.3) is 0 Å². The number of carbonyl (C=O) groups is 1. The summed E-state index contributed by atoms with van der Waals surface area (Å²) < 4.78 is 30.6. The number of sulfone groups is 1. The lowest BCUT2D eigenvalue weighted by Gasteiger charge is -2.44. The van der Waals surface area contributed by atoms with E-state index in [1.54, 1.807) is 30.4 Å². The van der Waals surface area contributed by atoms with Crippen molar-refractivity contribution in [3.05, 3.63) is 45.4 Å². The maximum Gasteiger partial charge on any atom is 0.179 e. The topological polar surface area (TPSA) is 85.4 Å². The van der Waals surface area contributed by atoms with Gasteiger partial charge in [-0.3, -0.25) is 9.78 Å². The third-order valence-electron chi connectivity index (χ3n) is 6.79. The number of ether oxygens (including phenoxy) is 1. The van der Waals surface area contributed by atoms with Crippen LogP contribution in [0, 0.1) is 0 Å². The van der Waals surface area contributed by atoms with E-state index in [0.717, 1.165) is 55.8 Å². The number of hydrogen-bond acceptors (Lipinski definition) is 7. The molecule has 2 aromatic rings. The van der Waals surface area contributed by atoms with Gasteiger partial charge in [-0.2, -0.15) is 0 Å². The molecule has 5 rings (SSSR count). The zero-order valence-electron chi connectivity index (χ0n) is 18.2. The summed E-state index contributed by atoms with van der Waals surface area (Å²) in [6.45, 7) is 3.52. The number of pyridine rings is 1. The zero-order valence-corrected chi connectivity index (χ0v) is 20.6. The second kappa shape index (κ2) is 8.80. The number of nitrogens with one attached hydrogen (secondary N) is 1. The van der Waals surface area contributed by atoms with E-state index in [9.17, 15) is 13.2 Å². The number of piperidine rings is 1. The Hall–Kier alpha value is -1.32. The van der Waals surface area contributed by atoms with E-state index in [2.05, 4.69) is 16.4 Å². The second-order valence-electron chi connectivity index (χ2n) is 8.98. The van der Waals surface area contributed by atoms with E-state index in [0.29, 0.717) is 12.8 Å². The molecule has 0 aromatic carbocycles. The average molecular weight is 497 g/mol. The average Bonchev–Trinajstić information content (AvgIpc) is 3.36. The van der Waals surface area contributed by atoms with Crippen LogP contribution in [0.5, 0.6) is 0 Å². The molecule has 2 aliphatic heterocycles. The van der Waals surface area contributed by atoms with Crippen LogP contribution < -0.4 is 5.32 Å². The smallest absolute Gasteiger partial charge is 0.179 e. The maximum atomic E-state index is 13.0. The summed E-state index contributed by atoms with van der Waals surface area (Å²) in [4.78, 5) is 19.6. The van der Waals surface area contributed by atoms with Crippen molar-refractivity contribution in [1.29, 1.82) is 0 Å².